The quantitative estimate of drug-likeness (QED) is 0.841. The summed E-state index contributed by atoms with van der Waals surface area (Å²) in [6.07, 6.45) is -0.745. The maximum Gasteiger partial charge on any atom is 0.141 e. The lowest BCUT2D eigenvalue weighted by Gasteiger charge is -2.05. The minimum atomic E-state index is -0.745. The molecule has 0 spiro atoms. The Morgan fingerprint density at radius 3 is 2.57 bits per heavy atom. The van der Waals surface area contributed by atoms with Crippen molar-refractivity contribution in [3.05, 3.63) is 29.8 Å². The zero-order valence-corrected chi connectivity index (χ0v) is 9.41. The maximum atomic E-state index is 9.50. The molecule has 2 nitrogen and oxygen atoms in total. The Kier molecular flexibility index (Phi) is 4.51. The molecule has 0 saturated carbocycles. The fourth-order valence-electron chi connectivity index (χ4n) is 1.05. The summed E-state index contributed by atoms with van der Waals surface area (Å²) < 4.78 is 5.27. The minimum Gasteiger partial charge on any atom is -0.494 e. The van der Waals surface area contributed by atoms with Crippen LogP contribution in [-0.2, 0) is 0 Å². The number of hydrogen-bond donors (Lipinski definition) is 1. The van der Waals surface area contributed by atoms with Crippen molar-refractivity contribution < 1.29 is 9.84 Å². The first-order valence-electron chi connectivity index (χ1n) is 4.30. The molecule has 1 rings (SSSR count). The van der Waals surface area contributed by atoms with Gasteiger partial charge in [-0.05, 0) is 29.4 Å². The van der Waals surface area contributed by atoms with Crippen molar-refractivity contribution in [2.24, 2.45) is 0 Å². The van der Waals surface area contributed by atoms with E-state index < -0.39 is 6.10 Å². The van der Waals surface area contributed by atoms with Gasteiger partial charge < -0.3 is 9.84 Å². The van der Waals surface area contributed by atoms with Gasteiger partial charge in [-0.25, -0.2) is 0 Å². The van der Waals surface area contributed by atoms with E-state index in [0.717, 1.165) is 11.3 Å². The van der Waals surface area contributed by atoms with E-state index >= 15 is 0 Å². The summed E-state index contributed by atoms with van der Waals surface area (Å²) in [5.74, 6) is 3.40. The van der Waals surface area contributed by atoms with E-state index in [2.05, 4.69) is 26.7 Å². The predicted octanol–water partition coefficient (Wildman–Crippen LogP) is 2.47. The molecule has 0 aliphatic heterocycles. The largest absolute Gasteiger partial charge is 0.494 e. The van der Waals surface area contributed by atoms with Gasteiger partial charge in [-0.3, -0.25) is 0 Å². The first-order chi connectivity index (χ1) is 6.77. The average molecular weight is 255 g/mol. The van der Waals surface area contributed by atoms with Gasteiger partial charge in [-0.15, -0.1) is 0 Å². The first-order valence-corrected chi connectivity index (χ1v) is 5.09. The normalized spacial score (nSPS) is 11.4. The molecule has 0 amide bonds. The Morgan fingerprint density at radius 1 is 1.43 bits per heavy atom. The standard InChI is InChI=1S/C11H11BrO2/c1-2-14-10-5-3-9(4-6-10)11(13)7-8-12/h3-6,11,13H,2H2,1H3/t11-/m1/s1. The molecule has 14 heavy (non-hydrogen) atoms. The monoisotopic (exact) mass is 254 g/mol. The van der Waals surface area contributed by atoms with Crippen LogP contribution in [0.3, 0.4) is 0 Å². The highest BCUT2D eigenvalue weighted by atomic mass is 79.9. The molecule has 0 aromatic heterocycles. The lowest BCUT2D eigenvalue weighted by atomic mass is 10.1. The number of aliphatic hydroxyl groups is 1. The van der Waals surface area contributed by atoms with Crippen LogP contribution in [0.25, 0.3) is 0 Å². The van der Waals surface area contributed by atoms with Crippen LogP contribution < -0.4 is 4.74 Å². The van der Waals surface area contributed by atoms with Crippen LogP contribution in [0.2, 0.25) is 0 Å². The summed E-state index contributed by atoms with van der Waals surface area (Å²) in [6.45, 7) is 2.57. The summed E-state index contributed by atoms with van der Waals surface area (Å²) in [4.78, 5) is 2.49. The highest BCUT2D eigenvalue weighted by molar-refractivity contribution is 9.12. The second-order valence-electron chi connectivity index (χ2n) is 2.64. The molecule has 0 aliphatic carbocycles. The third-order valence-corrected chi connectivity index (χ3v) is 1.93. The molecule has 0 bridgehead atoms. The lowest BCUT2D eigenvalue weighted by molar-refractivity contribution is 0.238. The second kappa shape index (κ2) is 5.69. The Hall–Kier alpha value is -0.980. The van der Waals surface area contributed by atoms with Gasteiger partial charge in [0.1, 0.15) is 11.9 Å². The van der Waals surface area contributed by atoms with E-state index in [-0.39, 0.29) is 0 Å². The van der Waals surface area contributed by atoms with Gasteiger partial charge in [-0.2, -0.15) is 0 Å². The molecule has 1 aromatic rings. The number of halogens is 1. The topological polar surface area (TPSA) is 29.5 Å². The van der Waals surface area contributed by atoms with E-state index in [1.54, 1.807) is 12.1 Å². The van der Waals surface area contributed by atoms with E-state index in [4.69, 9.17) is 4.74 Å². The van der Waals surface area contributed by atoms with Crippen molar-refractivity contribution >= 4 is 15.9 Å². The van der Waals surface area contributed by atoms with Gasteiger partial charge in [0.05, 0.1) is 6.61 Å². The maximum absolute atomic E-state index is 9.50. The lowest BCUT2D eigenvalue weighted by Crippen LogP contribution is -1.95. The predicted molar refractivity (Wildman–Crippen MR) is 59.3 cm³/mol. The highest BCUT2D eigenvalue weighted by Gasteiger charge is 2.02. The summed E-state index contributed by atoms with van der Waals surface area (Å²) in [5.41, 5.74) is 0.764. The van der Waals surface area contributed by atoms with Gasteiger partial charge in [0.2, 0.25) is 0 Å². The van der Waals surface area contributed by atoms with Crippen molar-refractivity contribution in [3.63, 3.8) is 0 Å². The molecule has 0 aliphatic rings. The van der Waals surface area contributed by atoms with E-state index in [9.17, 15) is 5.11 Å². The minimum absolute atomic E-state index is 0.642. The molecular formula is C11H11BrO2. The molecule has 1 N–H and O–H groups in total. The number of ether oxygens (including phenoxy) is 1. The van der Waals surface area contributed by atoms with Crippen LogP contribution in [0.1, 0.15) is 18.6 Å². The second-order valence-corrected chi connectivity index (χ2v) is 3.04. The van der Waals surface area contributed by atoms with Gasteiger partial charge in [0.25, 0.3) is 0 Å². The molecule has 0 radical (unpaired) electrons. The van der Waals surface area contributed by atoms with E-state index in [1.807, 2.05) is 19.1 Å². The number of rotatable bonds is 3. The molecule has 3 heteroatoms. The van der Waals surface area contributed by atoms with Crippen molar-refractivity contribution in [2.75, 3.05) is 6.61 Å². The number of aliphatic hydroxyl groups excluding tert-OH is 1. The fourth-order valence-corrected chi connectivity index (χ4v) is 1.26. The summed E-state index contributed by atoms with van der Waals surface area (Å²) in [7, 11) is 0. The molecule has 0 fully saturated rings. The Morgan fingerprint density at radius 2 is 2.07 bits per heavy atom. The molecule has 1 aromatic carbocycles. The fraction of sp³-hybridized carbons (Fsp3) is 0.273. The van der Waals surface area contributed by atoms with Crippen LogP contribution in [0.5, 0.6) is 5.75 Å². The highest BCUT2D eigenvalue weighted by Crippen LogP contribution is 2.17. The molecule has 0 heterocycles. The Balaban J connectivity index is 2.75. The van der Waals surface area contributed by atoms with E-state index in [0.29, 0.717) is 6.61 Å². The summed E-state index contributed by atoms with van der Waals surface area (Å²) in [6, 6.07) is 7.23. The summed E-state index contributed by atoms with van der Waals surface area (Å²) in [5, 5.41) is 9.50. The van der Waals surface area contributed by atoms with Gasteiger partial charge in [0.15, 0.2) is 0 Å². The SMILES string of the molecule is CCOc1ccc([C@H](O)C#CBr)cc1. The van der Waals surface area contributed by atoms with Gasteiger partial charge in [0, 0.05) is 15.9 Å². The van der Waals surface area contributed by atoms with Crippen molar-refractivity contribution in [1.29, 1.82) is 0 Å². The van der Waals surface area contributed by atoms with Crippen molar-refractivity contribution in [3.8, 4) is 16.5 Å². The Bertz CT molecular complexity index is 335. The molecule has 1 atom stereocenters. The van der Waals surface area contributed by atoms with E-state index in [1.165, 1.54) is 0 Å². The van der Waals surface area contributed by atoms with Crippen LogP contribution in [0.15, 0.2) is 24.3 Å². The third-order valence-electron chi connectivity index (χ3n) is 1.70. The average Bonchev–Trinajstić information content (AvgIpc) is 2.20. The third kappa shape index (κ3) is 3.06. The van der Waals surface area contributed by atoms with Crippen molar-refractivity contribution in [1.82, 2.24) is 0 Å². The zero-order valence-electron chi connectivity index (χ0n) is 7.83. The smallest absolute Gasteiger partial charge is 0.141 e. The number of hydrogen-bond acceptors (Lipinski definition) is 2. The summed E-state index contributed by atoms with van der Waals surface area (Å²) >= 11 is 2.94. The Labute approximate surface area is 92.0 Å². The van der Waals surface area contributed by atoms with Crippen molar-refractivity contribution in [2.45, 2.75) is 13.0 Å². The van der Waals surface area contributed by atoms with Gasteiger partial charge >= 0.3 is 0 Å². The van der Waals surface area contributed by atoms with Crippen LogP contribution >= 0.6 is 15.9 Å². The molecule has 0 saturated heterocycles. The molecule has 74 valence electrons. The molecular weight excluding hydrogens is 244 g/mol. The molecule has 0 unspecified atom stereocenters. The van der Waals surface area contributed by atoms with Crippen LogP contribution in [0.4, 0.5) is 0 Å². The van der Waals surface area contributed by atoms with Gasteiger partial charge in [-0.1, -0.05) is 18.1 Å². The zero-order chi connectivity index (χ0) is 10.4. The first kappa shape index (κ1) is 11.1. The van der Waals surface area contributed by atoms with Crippen LogP contribution in [-0.4, -0.2) is 11.7 Å². The van der Waals surface area contributed by atoms with Crippen LogP contribution in [0, 0.1) is 10.8 Å². The number of benzene rings is 1.